The number of hydrogen-bond donors (Lipinski definition) is 5. The topological polar surface area (TPSA) is 122 Å². The maximum atomic E-state index is 11.3. The Morgan fingerprint density at radius 2 is 2.05 bits per heavy atom. The summed E-state index contributed by atoms with van der Waals surface area (Å²) in [6.45, 7) is -0.260. The molecule has 7 heteroatoms. The van der Waals surface area contributed by atoms with Gasteiger partial charge in [-0.15, -0.1) is 0 Å². The number of rotatable bonds is 6. The minimum Gasteiger partial charge on any atom is -0.411 e. The second-order valence-electron chi connectivity index (χ2n) is 3.85. The number of hydrogen-bond acceptors (Lipinski definition) is 6. The lowest BCUT2D eigenvalue weighted by molar-refractivity contribution is -0.110. The van der Waals surface area contributed by atoms with Crippen molar-refractivity contribution < 1.29 is 25.3 Å². The molecule has 1 amide bonds. The van der Waals surface area contributed by atoms with Crippen LogP contribution in [0.1, 0.15) is 18.1 Å². The SMILES string of the molecule is O=C(C=NO)Nc1ccccc1C(O)C(O)CCO. The average molecular weight is 268 g/mol. The molecule has 2 atom stereocenters. The highest BCUT2D eigenvalue weighted by Crippen LogP contribution is 2.26. The third kappa shape index (κ3) is 4.32. The molecule has 7 nitrogen and oxygen atoms in total. The number of amides is 1. The Morgan fingerprint density at radius 3 is 2.68 bits per heavy atom. The monoisotopic (exact) mass is 268 g/mol. The molecular formula is C12H16N2O5. The molecule has 19 heavy (non-hydrogen) atoms. The van der Waals surface area contributed by atoms with Crippen molar-refractivity contribution in [3.63, 3.8) is 0 Å². The Hall–Kier alpha value is -1.96. The molecule has 0 saturated heterocycles. The summed E-state index contributed by atoms with van der Waals surface area (Å²) in [4.78, 5) is 11.3. The average Bonchev–Trinajstić information content (AvgIpc) is 2.39. The summed E-state index contributed by atoms with van der Waals surface area (Å²) in [5.41, 5.74) is 0.597. The van der Waals surface area contributed by atoms with E-state index in [2.05, 4.69) is 10.5 Å². The van der Waals surface area contributed by atoms with Crippen LogP contribution in [-0.4, -0.2) is 45.4 Å². The molecule has 0 bridgehead atoms. The number of aliphatic hydroxyl groups excluding tert-OH is 3. The van der Waals surface area contributed by atoms with Gasteiger partial charge in [-0.2, -0.15) is 0 Å². The number of anilines is 1. The second kappa shape index (κ2) is 7.47. The van der Waals surface area contributed by atoms with Gasteiger partial charge in [-0.25, -0.2) is 0 Å². The molecule has 0 aliphatic carbocycles. The van der Waals surface area contributed by atoms with Crippen molar-refractivity contribution >= 4 is 17.8 Å². The molecule has 0 aliphatic rings. The first-order chi connectivity index (χ1) is 9.10. The van der Waals surface area contributed by atoms with Crippen molar-refractivity contribution in [2.75, 3.05) is 11.9 Å². The molecule has 2 unspecified atom stereocenters. The Balaban J connectivity index is 2.91. The lowest BCUT2D eigenvalue weighted by Crippen LogP contribution is -2.22. The van der Waals surface area contributed by atoms with E-state index in [9.17, 15) is 15.0 Å². The highest BCUT2D eigenvalue weighted by molar-refractivity contribution is 6.31. The quantitative estimate of drug-likeness (QED) is 0.279. The number of oxime groups is 1. The van der Waals surface area contributed by atoms with E-state index in [0.717, 1.165) is 0 Å². The molecule has 0 aliphatic heterocycles. The predicted octanol–water partition coefficient (Wildman–Crippen LogP) is -0.138. The molecule has 104 valence electrons. The zero-order valence-electron chi connectivity index (χ0n) is 10.1. The van der Waals surface area contributed by atoms with E-state index in [0.29, 0.717) is 11.8 Å². The number of para-hydroxylation sites is 1. The van der Waals surface area contributed by atoms with Crippen molar-refractivity contribution in [3.05, 3.63) is 29.8 Å². The van der Waals surface area contributed by atoms with Crippen molar-refractivity contribution in [3.8, 4) is 0 Å². The molecule has 0 fully saturated rings. The van der Waals surface area contributed by atoms with Gasteiger partial charge in [0.2, 0.25) is 0 Å². The number of nitrogens with zero attached hydrogens (tertiary/aromatic N) is 1. The third-order valence-electron chi connectivity index (χ3n) is 2.50. The van der Waals surface area contributed by atoms with Crippen LogP contribution in [0, 0.1) is 0 Å². The van der Waals surface area contributed by atoms with E-state index in [1.165, 1.54) is 12.1 Å². The van der Waals surface area contributed by atoms with Crippen LogP contribution in [0.4, 0.5) is 5.69 Å². The third-order valence-corrected chi connectivity index (χ3v) is 2.50. The summed E-state index contributed by atoms with van der Waals surface area (Å²) >= 11 is 0. The molecule has 1 aromatic carbocycles. The number of aliphatic hydroxyl groups is 3. The fourth-order valence-corrected chi connectivity index (χ4v) is 1.58. The van der Waals surface area contributed by atoms with Gasteiger partial charge in [0, 0.05) is 17.9 Å². The molecule has 0 aromatic heterocycles. The minimum atomic E-state index is -1.24. The molecule has 0 spiro atoms. The van der Waals surface area contributed by atoms with Gasteiger partial charge >= 0.3 is 0 Å². The van der Waals surface area contributed by atoms with E-state index >= 15 is 0 Å². The van der Waals surface area contributed by atoms with Gasteiger partial charge in [0.15, 0.2) is 0 Å². The van der Waals surface area contributed by atoms with Crippen LogP contribution in [0.15, 0.2) is 29.4 Å². The standard InChI is InChI=1S/C12H16N2O5/c15-6-5-10(16)12(18)8-3-1-2-4-9(8)14-11(17)7-13-19/h1-4,7,10,12,15-16,18-19H,5-6H2,(H,14,17). The molecule has 0 heterocycles. The normalized spacial score (nSPS) is 14.3. The van der Waals surface area contributed by atoms with E-state index < -0.39 is 18.1 Å². The van der Waals surface area contributed by atoms with Crippen LogP contribution in [0.5, 0.6) is 0 Å². The Kier molecular flexibility index (Phi) is 5.94. The van der Waals surface area contributed by atoms with Crippen molar-refractivity contribution in [2.24, 2.45) is 5.16 Å². The first kappa shape index (κ1) is 15.1. The summed E-state index contributed by atoms with van der Waals surface area (Å²) in [5, 5.41) is 41.6. The number of carbonyl (C=O) groups is 1. The van der Waals surface area contributed by atoms with Gasteiger partial charge in [0.1, 0.15) is 12.3 Å². The molecule has 0 radical (unpaired) electrons. The van der Waals surface area contributed by atoms with Crippen LogP contribution in [0.25, 0.3) is 0 Å². The number of benzene rings is 1. The maximum Gasteiger partial charge on any atom is 0.270 e. The van der Waals surface area contributed by atoms with Crippen LogP contribution < -0.4 is 5.32 Å². The van der Waals surface area contributed by atoms with Crippen molar-refractivity contribution in [1.82, 2.24) is 0 Å². The smallest absolute Gasteiger partial charge is 0.270 e. The fourth-order valence-electron chi connectivity index (χ4n) is 1.58. The van der Waals surface area contributed by atoms with Gasteiger partial charge in [-0.3, -0.25) is 4.79 Å². The molecule has 1 aromatic rings. The highest BCUT2D eigenvalue weighted by Gasteiger charge is 2.21. The summed E-state index contributed by atoms with van der Waals surface area (Å²) in [5.74, 6) is -0.668. The molecule has 0 saturated carbocycles. The zero-order valence-corrected chi connectivity index (χ0v) is 10.1. The zero-order chi connectivity index (χ0) is 14.3. The van der Waals surface area contributed by atoms with Crippen molar-refractivity contribution in [2.45, 2.75) is 18.6 Å². The van der Waals surface area contributed by atoms with Gasteiger partial charge in [-0.05, 0) is 12.5 Å². The van der Waals surface area contributed by atoms with E-state index in [1.54, 1.807) is 12.1 Å². The van der Waals surface area contributed by atoms with Gasteiger partial charge in [0.05, 0.1) is 6.10 Å². The molecular weight excluding hydrogens is 252 g/mol. The maximum absolute atomic E-state index is 11.3. The van der Waals surface area contributed by atoms with Crippen LogP contribution >= 0.6 is 0 Å². The second-order valence-corrected chi connectivity index (χ2v) is 3.85. The van der Waals surface area contributed by atoms with E-state index in [4.69, 9.17) is 10.3 Å². The Morgan fingerprint density at radius 1 is 1.37 bits per heavy atom. The molecule has 1 rings (SSSR count). The number of carbonyl (C=O) groups excluding carboxylic acids is 1. The first-order valence-electron chi connectivity index (χ1n) is 5.64. The summed E-state index contributed by atoms with van der Waals surface area (Å²) in [6.07, 6.45) is -1.70. The van der Waals surface area contributed by atoms with Crippen LogP contribution in [0.2, 0.25) is 0 Å². The summed E-state index contributed by atoms with van der Waals surface area (Å²) in [7, 11) is 0. The predicted molar refractivity (Wildman–Crippen MR) is 68.0 cm³/mol. The Bertz CT molecular complexity index is 450. The van der Waals surface area contributed by atoms with Gasteiger partial charge in [-0.1, -0.05) is 23.4 Å². The van der Waals surface area contributed by atoms with Crippen LogP contribution in [0.3, 0.4) is 0 Å². The minimum absolute atomic E-state index is 0.0154. The number of nitrogens with one attached hydrogen (secondary N) is 1. The lowest BCUT2D eigenvalue weighted by Gasteiger charge is -2.20. The Labute approximate surface area is 109 Å². The van der Waals surface area contributed by atoms with Crippen molar-refractivity contribution in [1.29, 1.82) is 0 Å². The molecule has 5 N–H and O–H groups in total. The van der Waals surface area contributed by atoms with Gasteiger partial charge in [0.25, 0.3) is 5.91 Å². The lowest BCUT2D eigenvalue weighted by atomic mass is 10.0. The summed E-state index contributed by atoms with van der Waals surface area (Å²) in [6, 6.07) is 6.35. The highest BCUT2D eigenvalue weighted by atomic mass is 16.4. The van der Waals surface area contributed by atoms with Crippen LogP contribution in [-0.2, 0) is 4.79 Å². The van der Waals surface area contributed by atoms with E-state index in [1.807, 2.05) is 0 Å². The largest absolute Gasteiger partial charge is 0.411 e. The first-order valence-corrected chi connectivity index (χ1v) is 5.64. The van der Waals surface area contributed by atoms with Gasteiger partial charge < -0.3 is 25.8 Å². The van der Waals surface area contributed by atoms with E-state index in [-0.39, 0.29) is 18.7 Å². The fraction of sp³-hybridized carbons (Fsp3) is 0.333. The summed E-state index contributed by atoms with van der Waals surface area (Å²) < 4.78 is 0.